The molecule has 2 aromatic rings. The maximum Gasteiger partial charge on any atom is 0.202 e. The van der Waals surface area contributed by atoms with Crippen molar-refractivity contribution in [2.45, 2.75) is 19.4 Å². The number of fused-ring (bicyclic) bond motifs is 1. The second-order valence-electron chi connectivity index (χ2n) is 4.80. The summed E-state index contributed by atoms with van der Waals surface area (Å²) in [6, 6.07) is 6.07. The minimum Gasteiger partial charge on any atom is -0.453 e. The van der Waals surface area contributed by atoms with Crippen molar-refractivity contribution >= 4 is 16.8 Å². The fourth-order valence-electron chi connectivity index (χ4n) is 2.54. The number of hydrogen-bond donors (Lipinski definition) is 1. The largest absolute Gasteiger partial charge is 0.453 e. The van der Waals surface area contributed by atoms with Gasteiger partial charge in [-0.05, 0) is 44.2 Å². The maximum absolute atomic E-state index is 13.1. The van der Waals surface area contributed by atoms with E-state index in [1.165, 1.54) is 12.1 Å². The van der Waals surface area contributed by atoms with Gasteiger partial charge in [0.25, 0.3) is 0 Å². The minimum atomic E-state index is -0.321. The number of ketones is 1. The third-order valence-electron chi connectivity index (χ3n) is 3.58. The number of rotatable bonds is 2. The normalized spacial score (nSPS) is 23.7. The van der Waals surface area contributed by atoms with Crippen LogP contribution < -0.4 is 5.32 Å². The lowest BCUT2D eigenvalue weighted by atomic mass is 9.95. The van der Waals surface area contributed by atoms with Crippen molar-refractivity contribution < 1.29 is 13.6 Å². The average Bonchev–Trinajstić information content (AvgIpc) is 2.93. The van der Waals surface area contributed by atoms with Gasteiger partial charge >= 0.3 is 0 Å². The molecule has 0 aliphatic carbocycles. The molecule has 2 atom stereocenters. The van der Waals surface area contributed by atoms with Crippen LogP contribution >= 0.6 is 0 Å². The van der Waals surface area contributed by atoms with Gasteiger partial charge in [-0.3, -0.25) is 4.79 Å². The van der Waals surface area contributed by atoms with Crippen molar-refractivity contribution in [1.82, 2.24) is 5.32 Å². The molecule has 0 amide bonds. The van der Waals surface area contributed by atoms with Crippen LogP contribution in [0.5, 0.6) is 0 Å². The highest BCUT2D eigenvalue weighted by Crippen LogP contribution is 2.26. The van der Waals surface area contributed by atoms with Crippen LogP contribution in [0, 0.1) is 11.7 Å². The van der Waals surface area contributed by atoms with Crippen molar-refractivity contribution in [3.05, 3.63) is 35.8 Å². The third-order valence-corrected chi connectivity index (χ3v) is 3.58. The summed E-state index contributed by atoms with van der Waals surface area (Å²) in [5.74, 6) is -0.0335. The Morgan fingerprint density at radius 1 is 1.44 bits per heavy atom. The standard InChI is InChI=1S/C14H14FNO2/c1-8-11(4-5-16-8)14(17)13-7-9-6-10(15)2-3-12(9)18-13/h2-3,6-8,11,16H,4-5H2,1H3. The highest BCUT2D eigenvalue weighted by molar-refractivity contribution is 5.99. The van der Waals surface area contributed by atoms with E-state index in [1.54, 1.807) is 12.1 Å². The zero-order valence-electron chi connectivity index (χ0n) is 10.1. The fourth-order valence-corrected chi connectivity index (χ4v) is 2.54. The summed E-state index contributed by atoms with van der Waals surface area (Å²) in [4.78, 5) is 12.3. The number of carbonyl (C=O) groups is 1. The summed E-state index contributed by atoms with van der Waals surface area (Å²) in [5, 5.41) is 3.88. The van der Waals surface area contributed by atoms with Gasteiger partial charge in [0.2, 0.25) is 5.78 Å². The van der Waals surface area contributed by atoms with E-state index in [9.17, 15) is 9.18 Å². The van der Waals surface area contributed by atoms with E-state index in [0.29, 0.717) is 16.7 Å². The Morgan fingerprint density at radius 2 is 2.28 bits per heavy atom. The van der Waals surface area contributed by atoms with Gasteiger partial charge in [0.15, 0.2) is 5.76 Å². The predicted octanol–water partition coefficient (Wildman–Crippen LogP) is 2.75. The van der Waals surface area contributed by atoms with Crippen LogP contribution in [0.15, 0.2) is 28.7 Å². The molecular formula is C14H14FNO2. The molecule has 0 saturated carbocycles. The lowest BCUT2D eigenvalue weighted by Gasteiger charge is -2.11. The number of nitrogens with one attached hydrogen (secondary N) is 1. The van der Waals surface area contributed by atoms with Crippen molar-refractivity contribution in [1.29, 1.82) is 0 Å². The van der Waals surface area contributed by atoms with Gasteiger partial charge in [-0.25, -0.2) is 4.39 Å². The highest BCUT2D eigenvalue weighted by atomic mass is 19.1. The SMILES string of the molecule is CC1NCCC1C(=O)c1cc2cc(F)ccc2o1. The molecular weight excluding hydrogens is 233 g/mol. The predicted molar refractivity (Wildman–Crippen MR) is 66.1 cm³/mol. The van der Waals surface area contributed by atoms with Gasteiger partial charge in [-0.2, -0.15) is 0 Å². The molecule has 1 aliphatic heterocycles. The molecule has 2 heterocycles. The molecule has 1 fully saturated rings. The first-order valence-corrected chi connectivity index (χ1v) is 6.12. The molecule has 1 N–H and O–H groups in total. The number of Topliss-reactive ketones (excluding diaryl/α,β-unsaturated/α-hetero) is 1. The Kier molecular flexibility index (Phi) is 2.67. The molecule has 0 spiro atoms. The van der Waals surface area contributed by atoms with Gasteiger partial charge in [0, 0.05) is 17.3 Å². The Morgan fingerprint density at radius 3 is 3.00 bits per heavy atom. The summed E-state index contributed by atoms with van der Waals surface area (Å²) < 4.78 is 18.6. The van der Waals surface area contributed by atoms with Gasteiger partial charge in [0.1, 0.15) is 11.4 Å². The van der Waals surface area contributed by atoms with Gasteiger partial charge in [-0.15, -0.1) is 0 Å². The molecule has 4 heteroatoms. The quantitative estimate of drug-likeness (QED) is 0.830. The Labute approximate surface area is 104 Å². The molecule has 1 aromatic carbocycles. The Hall–Kier alpha value is -1.68. The first-order valence-electron chi connectivity index (χ1n) is 6.12. The van der Waals surface area contributed by atoms with Crippen LogP contribution in [-0.2, 0) is 0 Å². The number of furan rings is 1. The number of carbonyl (C=O) groups excluding carboxylic acids is 1. The summed E-state index contributed by atoms with van der Waals surface area (Å²) in [6.07, 6.45) is 0.825. The zero-order chi connectivity index (χ0) is 12.7. The number of hydrogen-bond acceptors (Lipinski definition) is 3. The molecule has 0 bridgehead atoms. The lowest BCUT2D eigenvalue weighted by Crippen LogP contribution is -2.27. The van der Waals surface area contributed by atoms with Crippen molar-refractivity contribution in [3.63, 3.8) is 0 Å². The Bertz CT molecular complexity index is 605. The van der Waals surface area contributed by atoms with E-state index in [4.69, 9.17) is 4.42 Å². The van der Waals surface area contributed by atoms with E-state index < -0.39 is 0 Å². The van der Waals surface area contributed by atoms with E-state index in [2.05, 4.69) is 5.32 Å². The molecule has 0 radical (unpaired) electrons. The van der Waals surface area contributed by atoms with Crippen LogP contribution in [0.2, 0.25) is 0 Å². The molecule has 18 heavy (non-hydrogen) atoms. The van der Waals surface area contributed by atoms with Crippen molar-refractivity contribution in [3.8, 4) is 0 Å². The summed E-state index contributed by atoms with van der Waals surface area (Å²) in [7, 11) is 0. The van der Waals surface area contributed by atoms with E-state index >= 15 is 0 Å². The fraction of sp³-hybridized carbons (Fsp3) is 0.357. The number of halogens is 1. The van der Waals surface area contributed by atoms with Gasteiger partial charge < -0.3 is 9.73 Å². The van der Waals surface area contributed by atoms with E-state index in [-0.39, 0.29) is 23.6 Å². The molecule has 3 nitrogen and oxygen atoms in total. The van der Waals surface area contributed by atoms with Gasteiger partial charge in [-0.1, -0.05) is 0 Å². The Balaban J connectivity index is 1.96. The topological polar surface area (TPSA) is 42.2 Å². The second-order valence-corrected chi connectivity index (χ2v) is 4.80. The highest BCUT2D eigenvalue weighted by Gasteiger charge is 2.31. The summed E-state index contributed by atoms with van der Waals surface area (Å²) in [5.41, 5.74) is 0.554. The minimum absolute atomic E-state index is 0.00380. The summed E-state index contributed by atoms with van der Waals surface area (Å²) in [6.45, 7) is 2.85. The molecule has 1 aliphatic rings. The van der Waals surface area contributed by atoms with Crippen LogP contribution in [0.4, 0.5) is 4.39 Å². The van der Waals surface area contributed by atoms with E-state index in [0.717, 1.165) is 13.0 Å². The molecule has 3 rings (SSSR count). The zero-order valence-corrected chi connectivity index (χ0v) is 10.1. The van der Waals surface area contributed by atoms with Crippen LogP contribution in [0.3, 0.4) is 0 Å². The van der Waals surface area contributed by atoms with Crippen LogP contribution in [-0.4, -0.2) is 18.4 Å². The average molecular weight is 247 g/mol. The van der Waals surface area contributed by atoms with Gasteiger partial charge in [0.05, 0.1) is 0 Å². The van der Waals surface area contributed by atoms with Crippen molar-refractivity contribution in [2.75, 3.05) is 6.54 Å². The van der Waals surface area contributed by atoms with Crippen LogP contribution in [0.1, 0.15) is 23.9 Å². The first-order chi connectivity index (χ1) is 8.65. The monoisotopic (exact) mass is 247 g/mol. The molecule has 1 saturated heterocycles. The van der Waals surface area contributed by atoms with E-state index in [1.807, 2.05) is 6.92 Å². The summed E-state index contributed by atoms with van der Waals surface area (Å²) >= 11 is 0. The second kappa shape index (κ2) is 4.21. The molecule has 1 aromatic heterocycles. The van der Waals surface area contributed by atoms with Crippen molar-refractivity contribution in [2.24, 2.45) is 5.92 Å². The first kappa shape index (κ1) is 11.4. The third kappa shape index (κ3) is 1.82. The molecule has 2 unspecified atom stereocenters. The molecule has 94 valence electrons. The number of benzene rings is 1. The van der Waals surface area contributed by atoms with Crippen LogP contribution in [0.25, 0.3) is 11.0 Å². The lowest BCUT2D eigenvalue weighted by molar-refractivity contribution is 0.0887. The smallest absolute Gasteiger partial charge is 0.202 e. The maximum atomic E-state index is 13.1.